The van der Waals surface area contributed by atoms with E-state index >= 15 is 0 Å². The number of nitrogens with zero attached hydrogens (tertiary/aromatic N) is 4. The highest BCUT2D eigenvalue weighted by Gasteiger charge is 2.23. The van der Waals surface area contributed by atoms with Gasteiger partial charge in [0, 0.05) is 19.5 Å². The number of piperidine rings is 1. The molecule has 1 aromatic heterocycles. The summed E-state index contributed by atoms with van der Waals surface area (Å²) < 4.78 is 0. The van der Waals surface area contributed by atoms with Crippen molar-refractivity contribution in [2.45, 2.75) is 46.0 Å². The van der Waals surface area contributed by atoms with E-state index in [1.54, 1.807) is 0 Å². The molecule has 0 atom stereocenters. The maximum atomic E-state index is 10.7. The van der Waals surface area contributed by atoms with Gasteiger partial charge in [0.15, 0.2) is 0 Å². The van der Waals surface area contributed by atoms with Gasteiger partial charge < -0.3 is 10.0 Å². The van der Waals surface area contributed by atoms with Crippen molar-refractivity contribution in [2.75, 3.05) is 18.0 Å². The van der Waals surface area contributed by atoms with Crippen molar-refractivity contribution in [1.82, 2.24) is 15.2 Å². The number of anilines is 1. The molecule has 6 heteroatoms. The first-order valence-electron chi connectivity index (χ1n) is 7.33. The molecule has 1 aromatic rings. The zero-order valence-electron chi connectivity index (χ0n) is 12.2. The zero-order valence-corrected chi connectivity index (χ0v) is 12.2. The van der Waals surface area contributed by atoms with Gasteiger partial charge in [0.2, 0.25) is 5.95 Å². The number of aryl methyl sites for hydroxylation is 2. The standard InChI is InChI=1S/C14H22N4O2/c1-3-11-12(4-2)16-17-14(15-11)18-7-5-10(6-8-18)9-13(19)20/h10H,3-9H2,1-2H3,(H,19,20). The van der Waals surface area contributed by atoms with Crippen LogP contribution < -0.4 is 4.90 Å². The molecule has 0 aromatic carbocycles. The Labute approximate surface area is 119 Å². The highest BCUT2D eigenvalue weighted by molar-refractivity contribution is 5.67. The molecule has 2 rings (SSSR count). The van der Waals surface area contributed by atoms with Gasteiger partial charge in [-0.1, -0.05) is 13.8 Å². The SMILES string of the molecule is CCc1nnc(N2CCC(CC(=O)O)CC2)nc1CC. The van der Waals surface area contributed by atoms with Crippen molar-refractivity contribution in [2.24, 2.45) is 5.92 Å². The molecule has 110 valence electrons. The normalized spacial score (nSPS) is 16.4. The molecule has 0 bridgehead atoms. The second kappa shape index (κ2) is 6.63. The third-order valence-electron chi connectivity index (χ3n) is 3.86. The van der Waals surface area contributed by atoms with Crippen molar-refractivity contribution < 1.29 is 9.90 Å². The Morgan fingerprint density at radius 1 is 1.20 bits per heavy atom. The summed E-state index contributed by atoms with van der Waals surface area (Å²) in [6.07, 6.45) is 3.74. The molecule has 1 N–H and O–H groups in total. The van der Waals surface area contributed by atoms with Crippen molar-refractivity contribution in [3.63, 3.8) is 0 Å². The van der Waals surface area contributed by atoms with Gasteiger partial charge >= 0.3 is 5.97 Å². The highest BCUT2D eigenvalue weighted by Crippen LogP contribution is 2.23. The second-order valence-electron chi connectivity index (χ2n) is 5.24. The maximum absolute atomic E-state index is 10.7. The lowest BCUT2D eigenvalue weighted by Crippen LogP contribution is -2.36. The van der Waals surface area contributed by atoms with Gasteiger partial charge in [-0.05, 0) is 31.6 Å². The maximum Gasteiger partial charge on any atom is 0.303 e. The van der Waals surface area contributed by atoms with E-state index in [0.717, 1.165) is 50.2 Å². The summed E-state index contributed by atoms with van der Waals surface area (Å²) in [7, 11) is 0. The van der Waals surface area contributed by atoms with E-state index < -0.39 is 5.97 Å². The number of aliphatic carboxylic acids is 1. The van der Waals surface area contributed by atoms with Crippen LogP contribution >= 0.6 is 0 Å². The van der Waals surface area contributed by atoms with E-state index in [4.69, 9.17) is 5.11 Å². The van der Waals surface area contributed by atoms with Crippen molar-refractivity contribution in [3.8, 4) is 0 Å². The molecule has 1 aliphatic rings. The Kier molecular flexibility index (Phi) is 4.87. The largest absolute Gasteiger partial charge is 0.481 e. The molecule has 0 spiro atoms. The second-order valence-corrected chi connectivity index (χ2v) is 5.24. The fourth-order valence-electron chi connectivity index (χ4n) is 2.65. The molecule has 6 nitrogen and oxygen atoms in total. The van der Waals surface area contributed by atoms with E-state index in [2.05, 4.69) is 33.9 Å². The fraction of sp³-hybridized carbons (Fsp3) is 0.714. The van der Waals surface area contributed by atoms with Crippen LogP contribution in [0.2, 0.25) is 0 Å². The summed E-state index contributed by atoms with van der Waals surface area (Å²) in [5, 5.41) is 17.3. The van der Waals surface area contributed by atoms with Crippen LogP contribution in [0, 0.1) is 5.92 Å². The first kappa shape index (κ1) is 14.7. The number of rotatable bonds is 5. The summed E-state index contributed by atoms with van der Waals surface area (Å²) in [6, 6.07) is 0. The molecular formula is C14H22N4O2. The predicted molar refractivity (Wildman–Crippen MR) is 75.8 cm³/mol. The Morgan fingerprint density at radius 2 is 1.85 bits per heavy atom. The molecule has 0 amide bonds. The topological polar surface area (TPSA) is 79.2 Å². The molecule has 0 unspecified atom stereocenters. The molecule has 1 saturated heterocycles. The van der Waals surface area contributed by atoms with Gasteiger partial charge in [-0.2, -0.15) is 5.10 Å². The molecule has 0 radical (unpaired) electrons. The molecule has 0 saturated carbocycles. The number of carbonyl (C=O) groups is 1. The lowest BCUT2D eigenvalue weighted by atomic mass is 9.94. The van der Waals surface area contributed by atoms with E-state index in [1.165, 1.54) is 0 Å². The highest BCUT2D eigenvalue weighted by atomic mass is 16.4. The van der Waals surface area contributed by atoms with Crippen LogP contribution in [-0.2, 0) is 17.6 Å². The minimum atomic E-state index is -0.707. The van der Waals surface area contributed by atoms with Crippen molar-refractivity contribution in [3.05, 3.63) is 11.4 Å². The minimum absolute atomic E-state index is 0.266. The summed E-state index contributed by atoms with van der Waals surface area (Å²) in [5.41, 5.74) is 1.99. The number of hydrogen-bond donors (Lipinski definition) is 1. The van der Waals surface area contributed by atoms with Gasteiger partial charge in [0.25, 0.3) is 0 Å². The quantitative estimate of drug-likeness (QED) is 0.883. The smallest absolute Gasteiger partial charge is 0.303 e. The third-order valence-corrected chi connectivity index (χ3v) is 3.86. The number of carboxylic acids is 1. The Bertz CT molecular complexity index is 470. The monoisotopic (exact) mass is 278 g/mol. The van der Waals surface area contributed by atoms with E-state index in [9.17, 15) is 4.79 Å². The third kappa shape index (κ3) is 3.43. The minimum Gasteiger partial charge on any atom is -0.481 e. The first-order valence-corrected chi connectivity index (χ1v) is 7.33. The van der Waals surface area contributed by atoms with Crippen LogP contribution in [0.25, 0.3) is 0 Å². The van der Waals surface area contributed by atoms with Gasteiger partial charge in [-0.15, -0.1) is 5.10 Å². The van der Waals surface area contributed by atoms with Crippen LogP contribution in [0.1, 0.15) is 44.5 Å². The van der Waals surface area contributed by atoms with Crippen LogP contribution in [0.5, 0.6) is 0 Å². The molecule has 20 heavy (non-hydrogen) atoms. The van der Waals surface area contributed by atoms with Crippen molar-refractivity contribution >= 4 is 11.9 Å². The van der Waals surface area contributed by atoms with Crippen LogP contribution in [0.3, 0.4) is 0 Å². The lowest BCUT2D eigenvalue weighted by molar-refractivity contribution is -0.138. The summed E-state index contributed by atoms with van der Waals surface area (Å²) in [6.45, 7) is 5.76. The average Bonchev–Trinajstić information content (AvgIpc) is 2.46. The van der Waals surface area contributed by atoms with Crippen molar-refractivity contribution in [1.29, 1.82) is 0 Å². The van der Waals surface area contributed by atoms with Gasteiger partial charge in [0.1, 0.15) is 0 Å². The predicted octanol–water partition coefficient (Wildman–Crippen LogP) is 1.69. The van der Waals surface area contributed by atoms with E-state index in [1.807, 2.05) is 0 Å². The van der Waals surface area contributed by atoms with Gasteiger partial charge in [0.05, 0.1) is 11.4 Å². The number of carboxylic acid groups (broad SMARTS) is 1. The molecule has 0 aliphatic carbocycles. The summed E-state index contributed by atoms with van der Waals surface area (Å²) >= 11 is 0. The average molecular weight is 278 g/mol. The molecule has 1 fully saturated rings. The molecule has 2 heterocycles. The van der Waals surface area contributed by atoms with Gasteiger partial charge in [-0.3, -0.25) is 4.79 Å². The van der Waals surface area contributed by atoms with E-state index in [0.29, 0.717) is 5.95 Å². The Balaban J connectivity index is 2.01. The van der Waals surface area contributed by atoms with E-state index in [-0.39, 0.29) is 12.3 Å². The molecular weight excluding hydrogens is 256 g/mol. The zero-order chi connectivity index (χ0) is 14.5. The summed E-state index contributed by atoms with van der Waals surface area (Å²) in [5.74, 6) is 0.257. The molecule has 1 aliphatic heterocycles. The fourth-order valence-corrected chi connectivity index (χ4v) is 2.65. The van der Waals surface area contributed by atoms with Crippen LogP contribution in [0.4, 0.5) is 5.95 Å². The Hall–Kier alpha value is -1.72. The van der Waals surface area contributed by atoms with Gasteiger partial charge in [-0.25, -0.2) is 4.98 Å². The Morgan fingerprint density at radius 3 is 2.40 bits per heavy atom. The number of hydrogen-bond acceptors (Lipinski definition) is 5. The van der Waals surface area contributed by atoms with Crippen LogP contribution in [-0.4, -0.2) is 39.3 Å². The van der Waals surface area contributed by atoms with Crippen LogP contribution in [0.15, 0.2) is 0 Å². The number of aromatic nitrogens is 3. The lowest BCUT2D eigenvalue weighted by Gasteiger charge is -2.31. The summed E-state index contributed by atoms with van der Waals surface area (Å²) in [4.78, 5) is 17.4. The first-order chi connectivity index (χ1) is 9.63.